The van der Waals surface area contributed by atoms with Crippen molar-refractivity contribution in [3.8, 4) is 0 Å². The van der Waals surface area contributed by atoms with E-state index in [9.17, 15) is 0 Å². The van der Waals surface area contributed by atoms with Crippen LogP contribution in [0, 0.1) is 6.07 Å². The van der Waals surface area contributed by atoms with E-state index in [1.165, 1.54) is 5.56 Å². The van der Waals surface area contributed by atoms with E-state index in [-0.39, 0.29) is 32.7 Å². The minimum absolute atomic E-state index is 0. The number of aromatic nitrogens is 1. The molecule has 1 atom stereocenters. The molecule has 0 bridgehead atoms. The van der Waals surface area contributed by atoms with Crippen molar-refractivity contribution in [2.24, 2.45) is 0 Å². The predicted octanol–water partition coefficient (Wildman–Crippen LogP) is 2.96. The van der Waals surface area contributed by atoms with Crippen molar-refractivity contribution in [1.29, 1.82) is 0 Å². The molecule has 2 nitrogen and oxygen atoms in total. The summed E-state index contributed by atoms with van der Waals surface area (Å²) in [5.41, 5.74) is 2.46. The van der Waals surface area contributed by atoms with Gasteiger partial charge in [0.1, 0.15) is 0 Å². The van der Waals surface area contributed by atoms with Gasteiger partial charge in [0.2, 0.25) is 0 Å². The molecular formula is C16H19N2Y-. The SMILES string of the molecule is CN(C)CCC(c1cc[c-]cc1)c1ccccn1.[Y]. The molecule has 0 aliphatic carbocycles. The molecule has 0 N–H and O–H groups in total. The van der Waals surface area contributed by atoms with E-state index in [4.69, 9.17) is 0 Å². The predicted molar refractivity (Wildman–Crippen MR) is 74.5 cm³/mol. The van der Waals surface area contributed by atoms with Gasteiger partial charge in [0.15, 0.2) is 0 Å². The molecule has 0 saturated carbocycles. The first-order valence-corrected chi connectivity index (χ1v) is 6.29. The van der Waals surface area contributed by atoms with Crippen molar-refractivity contribution < 1.29 is 32.7 Å². The van der Waals surface area contributed by atoms with Crippen LogP contribution in [0.2, 0.25) is 0 Å². The van der Waals surface area contributed by atoms with Gasteiger partial charge in [-0.15, -0.1) is 5.56 Å². The quantitative estimate of drug-likeness (QED) is 0.785. The van der Waals surface area contributed by atoms with Crippen LogP contribution < -0.4 is 0 Å². The van der Waals surface area contributed by atoms with Crippen molar-refractivity contribution in [3.05, 3.63) is 66.0 Å². The molecule has 1 aromatic heterocycles. The van der Waals surface area contributed by atoms with Crippen LogP contribution in [-0.2, 0) is 32.7 Å². The summed E-state index contributed by atoms with van der Waals surface area (Å²) in [5.74, 6) is 0.364. The van der Waals surface area contributed by atoms with E-state index >= 15 is 0 Å². The zero-order valence-corrected chi connectivity index (χ0v) is 14.4. The van der Waals surface area contributed by atoms with Crippen molar-refractivity contribution in [3.63, 3.8) is 0 Å². The summed E-state index contributed by atoms with van der Waals surface area (Å²) < 4.78 is 0. The number of benzene rings is 1. The van der Waals surface area contributed by atoms with Crippen LogP contribution >= 0.6 is 0 Å². The van der Waals surface area contributed by atoms with Crippen LogP contribution in [-0.4, -0.2) is 30.5 Å². The average molecular weight is 328 g/mol. The van der Waals surface area contributed by atoms with Gasteiger partial charge in [-0.3, -0.25) is 4.98 Å². The van der Waals surface area contributed by atoms with Crippen LogP contribution in [0.4, 0.5) is 0 Å². The molecule has 2 aromatic rings. The second-order valence-electron chi connectivity index (χ2n) is 4.73. The largest absolute Gasteiger partial charge is 0.309 e. The molecule has 1 aromatic carbocycles. The number of nitrogens with zero attached hydrogens (tertiary/aromatic N) is 2. The first kappa shape index (κ1) is 16.5. The second kappa shape index (κ2) is 8.57. The fraction of sp³-hybridized carbons (Fsp3) is 0.312. The molecule has 19 heavy (non-hydrogen) atoms. The first-order valence-electron chi connectivity index (χ1n) is 6.29. The van der Waals surface area contributed by atoms with Crippen molar-refractivity contribution in [1.82, 2.24) is 9.88 Å². The van der Waals surface area contributed by atoms with Gasteiger partial charge in [0.05, 0.1) is 0 Å². The van der Waals surface area contributed by atoms with Crippen LogP contribution in [0.25, 0.3) is 0 Å². The maximum absolute atomic E-state index is 4.50. The third-order valence-corrected chi connectivity index (χ3v) is 3.06. The maximum atomic E-state index is 4.50. The summed E-state index contributed by atoms with van der Waals surface area (Å²) in [7, 11) is 4.21. The first-order chi connectivity index (χ1) is 8.77. The summed E-state index contributed by atoms with van der Waals surface area (Å²) >= 11 is 0. The van der Waals surface area contributed by atoms with Gasteiger partial charge in [-0.25, -0.2) is 0 Å². The molecule has 97 valence electrons. The minimum Gasteiger partial charge on any atom is -0.309 e. The molecule has 2 rings (SSSR count). The van der Waals surface area contributed by atoms with Gasteiger partial charge in [-0.05, 0) is 39.2 Å². The Hall–Kier alpha value is -0.566. The number of hydrogen-bond donors (Lipinski definition) is 0. The Bertz CT molecular complexity index is 417. The van der Waals surface area contributed by atoms with Gasteiger partial charge in [0.25, 0.3) is 0 Å². The van der Waals surface area contributed by atoms with E-state index in [2.05, 4.69) is 54.3 Å². The zero-order chi connectivity index (χ0) is 12.8. The summed E-state index contributed by atoms with van der Waals surface area (Å²) in [6.45, 7) is 1.06. The van der Waals surface area contributed by atoms with E-state index in [1.807, 2.05) is 24.4 Å². The Balaban J connectivity index is 0.00000180. The van der Waals surface area contributed by atoms with E-state index in [1.54, 1.807) is 0 Å². The van der Waals surface area contributed by atoms with Crippen LogP contribution in [0.5, 0.6) is 0 Å². The van der Waals surface area contributed by atoms with Crippen molar-refractivity contribution >= 4 is 0 Å². The van der Waals surface area contributed by atoms with Crippen molar-refractivity contribution in [2.75, 3.05) is 20.6 Å². The minimum atomic E-state index is 0. The molecule has 0 aliphatic heterocycles. The molecule has 3 heteroatoms. The monoisotopic (exact) mass is 328 g/mol. The zero-order valence-electron chi connectivity index (χ0n) is 11.6. The average Bonchev–Trinajstić information content (AvgIpc) is 2.41. The fourth-order valence-electron chi connectivity index (χ4n) is 2.09. The molecule has 0 spiro atoms. The molecule has 0 fully saturated rings. The second-order valence-corrected chi connectivity index (χ2v) is 4.73. The number of rotatable bonds is 5. The molecule has 0 amide bonds. The Morgan fingerprint density at radius 2 is 1.89 bits per heavy atom. The Kier molecular flexibility index (Phi) is 7.44. The number of pyridine rings is 1. The summed E-state index contributed by atoms with van der Waals surface area (Å²) in [6.07, 6.45) is 2.95. The summed E-state index contributed by atoms with van der Waals surface area (Å²) in [4.78, 5) is 6.72. The van der Waals surface area contributed by atoms with E-state index in [0.717, 1.165) is 18.7 Å². The fourth-order valence-corrected chi connectivity index (χ4v) is 2.09. The molecule has 0 aliphatic rings. The normalized spacial score (nSPS) is 11.9. The third kappa shape index (κ3) is 5.14. The molecule has 1 heterocycles. The summed E-state index contributed by atoms with van der Waals surface area (Å²) in [5, 5.41) is 0. The topological polar surface area (TPSA) is 16.1 Å². The van der Waals surface area contributed by atoms with E-state index in [0.29, 0.717) is 5.92 Å². The van der Waals surface area contributed by atoms with Gasteiger partial charge < -0.3 is 4.90 Å². The standard InChI is InChI=1S/C16H19N2.Y/c1-18(2)13-11-15(14-8-4-3-5-9-14)16-10-6-7-12-17-16;/h4-10,12,15H,11,13H2,1-2H3;/q-1;. The number of hydrogen-bond acceptors (Lipinski definition) is 2. The van der Waals surface area contributed by atoms with Gasteiger partial charge in [0, 0.05) is 50.5 Å². The molecule has 0 saturated heterocycles. The molecular weight excluding hydrogens is 309 g/mol. The van der Waals surface area contributed by atoms with Crippen LogP contribution in [0.15, 0.2) is 48.7 Å². The Labute approximate surface area is 141 Å². The Morgan fingerprint density at radius 3 is 2.47 bits per heavy atom. The third-order valence-electron chi connectivity index (χ3n) is 3.06. The van der Waals surface area contributed by atoms with Crippen molar-refractivity contribution in [2.45, 2.75) is 12.3 Å². The maximum Gasteiger partial charge on any atom is 0.0458 e. The summed E-state index contributed by atoms with van der Waals surface area (Å²) in [6, 6.07) is 17.4. The van der Waals surface area contributed by atoms with Gasteiger partial charge in [-0.1, -0.05) is 6.07 Å². The molecule has 1 unspecified atom stereocenters. The van der Waals surface area contributed by atoms with Gasteiger partial charge in [-0.2, -0.15) is 30.3 Å². The Morgan fingerprint density at radius 1 is 1.16 bits per heavy atom. The smallest absolute Gasteiger partial charge is 0.0458 e. The van der Waals surface area contributed by atoms with Crippen LogP contribution in [0.1, 0.15) is 23.6 Å². The molecule has 1 radical (unpaired) electrons. The van der Waals surface area contributed by atoms with Gasteiger partial charge >= 0.3 is 0 Å². The van der Waals surface area contributed by atoms with Crippen LogP contribution in [0.3, 0.4) is 0 Å². The van der Waals surface area contributed by atoms with E-state index < -0.39 is 0 Å².